The molecule has 6 heteroatoms. The zero-order valence-electron chi connectivity index (χ0n) is 21.9. The fraction of sp³-hybridized carbons (Fsp3) is 0.889. The average molecular weight is 466 g/mol. The van der Waals surface area contributed by atoms with Gasteiger partial charge < -0.3 is 0 Å². The third-order valence-corrected chi connectivity index (χ3v) is 6.59. The van der Waals surface area contributed by atoms with Crippen molar-refractivity contribution in [2.45, 2.75) is 156 Å². The van der Waals surface area contributed by atoms with Gasteiger partial charge >= 0.3 is 17.1 Å². The van der Waals surface area contributed by atoms with Gasteiger partial charge in [0.15, 0.2) is 0 Å². The van der Waals surface area contributed by atoms with E-state index < -0.39 is 17.1 Å². The third-order valence-electron chi connectivity index (χ3n) is 6.59. The van der Waals surface area contributed by atoms with Gasteiger partial charge in [0.05, 0.1) is 0 Å². The summed E-state index contributed by atoms with van der Waals surface area (Å²) in [7, 11) is 0. The molecule has 33 heavy (non-hydrogen) atoms. The minimum absolute atomic E-state index is 0.411. The van der Waals surface area contributed by atoms with Crippen molar-refractivity contribution in [3.8, 4) is 0 Å². The Morgan fingerprint density at radius 1 is 0.364 bits per heavy atom. The van der Waals surface area contributed by atoms with Crippen LogP contribution in [-0.4, -0.2) is 13.7 Å². The zero-order valence-corrected chi connectivity index (χ0v) is 21.9. The molecule has 0 spiro atoms. The molecule has 1 heterocycles. The van der Waals surface area contributed by atoms with Gasteiger partial charge in [0.1, 0.15) is 0 Å². The summed E-state index contributed by atoms with van der Waals surface area (Å²) in [4.78, 5) is 39.2. The topological polar surface area (TPSA) is 66.0 Å². The van der Waals surface area contributed by atoms with Gasteiger partial charge in [0, 0.05) is 19.6 Å². The van der Waals surface area contributed by atoms with Crippen LogP contribution in [0.4, 0.5) is 0 Å². The van der Waals surface area contributed by atoms with E-state index in [1.165, 1.54) is 71.5 Å². The number of unbranched alkanes of at least 4 members (excludes halogenated alkanes) is 15. The van der Waals surface area contributed by atoms with Crippen LogP contribution in [0, 0.1) is 0 Å². The number of hydrogen-bond acceptors (Lipinski definition) is 3. The van der Waals surface area contributed by atoms with E-state index in [9.17, 15) is 14.4 Å². The van der Waals surface area contributed by atoms with Crippen LogP contribution in [0.3, 0.4) is 0 Å². The van der Waals surface area contributed by atoms with E-state index >= 15 is 0 Å². The molecule has 0 N–H and O–H groups in total. The molecule has 0 bridgehead atoms. The molecule has 0 aliphatic heterocycles. The normalized spacial score (nSPS) is 11.4. The molecule has 0 radical (unpaired) electrons. The summed E-state index contributed by atoms with van der Waals surface area (Å²) >= 11 is 0. The summed E-state index contributed by atoms with van der Waals surface area (Å²) in [6, 6.07) is 0. The quantitative estimate of drug-likeness (QED) is 0.201. The van der Waals surface area contributed by atoms with Crippen molar-refractivity contribution in [1.29, 1.82) is 0 Å². The van der Waals surface area contributed by atoms with Gasteiger partial charge in [-0.1, -0.05) is 117 Å². The van der Waals surface area contributed by atoms with Crippen molar-refractivity contribution in [2.24, 2.45) is 0 Å². The Labute approximate surface area is 201 Å². The highest BCUT2D eigenvalue weighted by Crippen LogP contribution is 2.07. The Hall–Kier alpha value is -1.59. The molecule has 192 valence electrons. The van der Waals surface area contributed by atoms with Crippen LogP contribution >= 0.6 is 0 Å². The summed E-state index contributed by atoms with van der Waals surface area (Å²) in [6.45, 7) is 7.82. The number of nitrogens with zero attached hydrogens (tertiary/aromatic N) is 3. The number of rotatable bonds is 21. The maximum atomic E-state index is 13.1. The van der Waals surface area contributed by atoms with Crippen molar-refractivity contribution in [2.75, 3.05) is 0 Å². The van der Waals surface area contributed by atoms with Gasteiger partial charge in [0.2, 0.25) is 0 Å². The third kappa shape index (κ3) is 11.4. The lowest BCUT2D eigenvalue weighted by molar-refractivity contribution is 0.411. The second-order valence-corrected chi connectivity index (χ2v) is 9.61. The van der Waals surface area contributed by atoms with Gasteiger partial charge in [-0.3, -0.25) is 0 Å². The fourth-order valence-electron chi connectivity index (χ4n) is 4.41. The molecule has 0 aliphatic rings. The number of hydrogen-bond donors (Lipinski definition) is 0. The standard InChI is InChI=1S/C27H51N3O3/c1-4-7-10-13-16-19-22-28-25(31)29(23-20-17-14-11-8-5-2)27(33)30(26(28)32)24-21-18-15-12-9-6-3/h4-24H2,1-3H3. The van der Waals surface area contributed by atoms with Crippen molar-refractivity contribution in [1.82, 2.24) is 13.7 Å². The van der Waals surface area contributed by atoms with Gasteiger partial charge in [-0.15, -0.1) is 0 Å². The van der Waals surface area contributed by atoms with Crippen LogP contribution in [0.2, 0.25) is 0 Å². The van der Waals surface area contributed by atoms with Crippen LogP contribution in [0.15, 0.2) is 14.4 Å². The number of aromatic nitrogens is 3. The first kappa shape index (κ1) is 29.4. The van der Waals surface area contributed by atoms with Crippen LogP contribution in [-0.2, 0) is 19.6 Å². The summed E-state index contributed by atoms with van der Waals surface area (Å²) in [6.07, 6.45) is 19.8. The van der Waals surface area contributed by atoms with Crippen LogP contribution in [0.1, 0.15) is 136 Å². The van der Waals surface area contributed by atoms with Gasteiger partial charge in [-0.2, -0.15) is 0 Å². The maximum Gasteiger partial charge on any atom is 0.336 e. The van der Waals surface area contributed by atoms with Crippen molar-refractivity contribution >= 4 is 0 Å². The molecule has 0 saturated carbocycles. The highest BCUT2D eigenvalue weighted by molar-refractivity contribution is 4.79. The Bertz CT molecular complexity index is 656. The molecule has 0 saturated heterocycles. The first-order valence-electron chi connectivity index (χ1n) is 14.0. The highest BCUT2D eigenvalue weighted by Gasteiger charge is 2.15. The van der Waals surface area contributed by atoms with E-state index in [-0.39, 0.29) is 0 Å². The van der Waals surface area contributed by atoms with E-state index in [4.69, 9.17) is 0 Å². The molecule has 1 rings (SSSR count). The second-order valence-electron chi connectivity index (χ2n) is 9.61. The molecule has 0 fully saturated rings. The smallest absolute Gasteiger partial charge is 0.247 e. The molecule has 0 aliphatic carbocycles. The first-order valence-corrected chi connectivity index (χ1v) is 14.0. The Morgan fingerprint density at radius 2 is 0.576 bits per heavy atom. The van der Waals surface area contributed by atoms with Crippen molar-refractivity contribution in [3.05, 3.63) is 31.5 Å². The molecular weight excluding hydrogens is 414 g/mol. The van der Waals surface area contributed by atoms with Gasteiger partial charge in [-0.05, 0) is 19.3 Å². The largest absolute Gasteiger partial charge is 0.336 e. The molecule has 6 nitrogen and oxygen atoms in total. The average Bonchev–Trinajstić information content (AvgIpc) is 2.81. The lowest BCUT2D eigenvalue weighted by atomic mass is 10.1. The molecule has 0 aromatic carbocycles. The van der Waals surface area contributed by atoms with Crippen molar-refractivity contribution < 1.29 is 0 Å². The Morgan fingerprint density at radius 3 is 0.818 bits per heavy atom. The maximum absolute atomic E-state index is 13.1. The predicted molar refractivity (Wildman–Crippen MR) is 139 cm³/mol. The SMILES string of the molecule is CCCCCCCCn1c(=O)n(CCCCCCCC)c(=O)n(CCCCCCCC)c1=O. The molecular formula is C27H51N3O3. The second kappa shape index (κ2) is 18.8. The molecule has 1 aromatic rings. The fourth-order valence-corrected chi connectivity index (χ4v) is 4.41. The summed E-state index contributed by atoms with van der Waals surface area (Å²) < 4.78 is 3.99. The van der Waals surface area contributed by atoms with Gasteiger partial charge in [0.25, 0.3) is 0 Å². The van der Waals surface area contributed by atoms with Gasteiger partial charge in [-0.25, -0.2) is 28.1 Å². The minimum Gasteiger partial charge on any atom is -0.247 e. The monoisotopic (exact) mass is 465 g/mol. The van der Waals surface area contributed by atoms with E-state index in [2.05, 4.69) is 20.8 Å². The lowest BCUT2D eigenvalue weighted by Crippen LogP contribution is -2.54. The zero-order chi connectivity index (χ0) is 24.3. The van der Waals surface area contributed by atoms with Crippen LogP contribution in [0.5, 0.6) is 0 Å². The minimum atomic E-state index is -0.411. The first-order chi connectivity index (χ1) is 16.1. The lowest BCUT2D eigenvalue weighted by Gasteiger charge is -2.14. The Balaban J connectivity index is 2.89. The van der Waals surface area contributed by atoms with E-state index in [1.54, 1.807) is 0 Å². The summed E-state index contributed by atoms with van der Waals surface area (Å²) in [5.74, 6) is 0. The molecule has 0 atom stereocenters. The van der Waals surface area contributed by atoms with E-state index in [0.29, 0.717) is 19.6 Å². The summed E-state index contributed by atoms with van der Waals surface area (Å²) in [5, 5.41) is 0. The molecule has 1 aromatic heterocycles. The van der Waals surface area contributed by atoms with E-state index in [1.807, 2.05) is 0 Å². The van der Waals surface area contributed by atoms with Crippen LogP contribution in [0.25, 0.3) is 0 Å². The van der Waals surface area contributed by atoms with Crippen molar-refractivity contribution in [3.63, 3.8) is 0 Å². The Kier molecular flexibility index (Phi) is 16.8. The van der Waals surface area contributed by atoms with E-state index in [0.717, 1.165) is 57.8 Å². The predicted octanol–water partition coefficient (Wildman–Crippen LogP) is 6.25. The molecule has 0 amide bonds. The van der Waals surface area contributed by atoms with Crippen LogP contribution < -0.4 is 17.1 Å². The highest BCUT2D eigenvalue weighted by atomic mass is 16.2. The molecule has 0 unspecified atom stereocenters. The summed E-state index contributed by atoms with van der Waals surface area (Å²) in [5.41, 5.74) is -1.23.